The van der Waals surface area contributed by atoms with E-state index in [1.165, 1.54) is 19.3 Å². The maximum Gasteiger partial charge on any atom is 0.255 e. The molecule has 0 bridgehead atoms. The predicted octanol–water partition coefficient (Wildman–Crippen LogP) is 3.12. The van der Waals surface area contributed by atoms with E-state index in [-0.39, 0.29) is 5.91 Å². The zero-order chi connectivity index (χ0) is 12.8. The van der Waals surface area contributed by atoms with E-state index in [1.807, 2.05) is 17.0 Å². The van der Waals surface area contributed by atoms with Gasteiger partial charge in [0.05, 0.1) is 5.56 Å². The van der Waals surface area contributed by atoms with Crippen molar-refractivity contribution in [1.29, 1.82) is 0 Å². The molecular formula is C15H22N2O. The summed E-state index contributed by atoms with van der Waals surface area (Å²) < 4.78 is 0. The predicted molar refractivity (Wildman–Crippen MR) is 72.4 cm³/mol. The lowest BCUT2D eigenvalue weighted by Gasteiger charge is -2.32. The molecule has 1 aromatic heterocycles. The SMILES string of the molecule is CCCCC1CCN(C(=O)c2cccnc2)CC1. The number of piperidine rings is 1. The van der Waals surface area contributed by atoms with Crippen LogP contribution in [-0.2, 0) is 0 Å². The number of carbonyl (C=O) groups is 1. The zero-order valence-electron chi connectivity index (χ0n) is 11.1. The van der Waals surface area contributed by atoms with Gasteiger partial charge in [-0.15, -0.1) is 0 Å². The molecule has 1 aliphatic rings. The standard InChI is InChI=1S/C15H22N2O/c1-2-3-5-13-7-10-17(11-8-13)15(18)14-6-4-9-16-12-14/h4,6,9,12-13H,2-3,5,7-8,10-11H2,1H3. The van der Waals surface area contributed by atoms with Gasteiger partial charge in [0.2, 0.25) is 0 Å². The number of pyridine rings is 1. The number of likely N-dealkylation sites (tertiary alicyclic amines) is 1. The number of aromatic nitrogens is 1. The molecule has 18 heavy (non-hydrogen) atoms. The summed E-state index contributed by atoms with van der Waals surface area (Å²) in [6.07, 6.45) is 9.60. The van der Waals surface area contributed by atoms with Crippen LogP contribution >= 0.6 is 0 Å². The fraction of sp³-hybridized carbons (Fsp3) is 0.600. The molecule has 0 aliphatic carbocycles. The van der Waals surface area contributed by atoms with E-state index < -0.39 is 0 Å². The van der Waals surface area contributed by atoms with Gasteiger partial charge >= 0.3 is 0 Å². The van der Waals surface area contributed by atoms with Crippen LogP contribution in [0, 0.1) is 5.92 Å². The first kappa shape index (κ1) is 13.1. The van der Waals surface area contributed by atoms with E-state index in [9.17, 15) is 4.79 Å². The monoisotopic (exact) mass is 246 g/mol. The molecule has 0 saturated carbocycles. The molecule has 2 heterocycles. The summed E-state index contributed by atoms with van der Waals surface area (Å²) in [5.41, 5.74) is 0.713. The van der Waals surface area contributed by atoms with Crippen molar-refractivity contribution >= 4 is 5.91 Å². The third kappa shape index (κ3) is 3.31. The lowest BCUT2D eigenvalue weighted by Crippen LogP contribution is -2.38. The maximum absolute atomic E-state index is 12.2. The molecule has 2 rings (SSSR count). The number of hydrogen-bond donors (Lipinski definition) is 0. The molecule has 0 atom stereocenters. The summed E-state index contributed by atoms with van der Waals surface area (Å²) in [5, 5.41) is 0. The Kier molecular flexibility index (Phi) is 4.73. The Morgan fingerprint density at radius 3 is 2.83 bits per heavy atom. The highest BCUT2D eigenvalue weighted by Gasteiger charge is 2.23. The molecule has 1 aliphatic heterocycles. The molecule has 3 heteroatoms. The first-order valence-corrected chi connectivity index (χ1v) is 7.00. The van der Waals surface area contributed by atoms with Gasteiger partial charge in [-0.25, -0.2) is 0 Å². The van der Waals surface area contributed by atoms with Gasteiger partial charge in [0.1, 0.15) is 0 Å². The van der Waals surface area contributed by atoms with Gasteiger partial charge in [-0.3, -0.25) is 9.78 Å². The second-order valence-corrected chi connectivity index (χ2v) is 5.12. The minimum atomic E-state index is 0.136. The summed E-state index contributed by atoms with van der Waals surface area (Å²) in [6, 6.07) is 3.67. The summed E-state index contributed by atoms with van der Waals surface area (Å²) in [7, 11) is 0. The van der Waals surface area contributed by atoms with Crippen LogP contribution in [0.4, 0.5) is 0 Å². The van der Waals surface area contributed by atoms with Crippen molar-refractivity contribution < 1.29 is 4.79 Å². The van der Waals surface area contributed by atoms with Crippen LogP contribution in [0.25, 0.3) is 0 Å². The van der Waals surface area contributed by atoms with Crippen molar-refractivity contribution in [2.45, 2.75) is 39.0 Å². The number of nitrogens with zero attached hydrogens (tertiary/aromatic N) is 2. The van der Waals surface area contributed by atoms with E-state index in [0.29, 0.717) is 5.56 Å². The van der Waals surface area contributed by atoms with Crippen LogP contribution in [0.2, 0.25) is 0 Å². The van der Waals surface area contributed by atoms with Crippen molar-refractivity contribution in [3.8, 4) is 0 Å². The Hall–Kier alpha value is -1.38. The Labute approximate surface area is 109 Å². The van der Waals surface area contributed by atoms with Gasteiger partial charge in [0, 0.05) is 25.5 Å². The number of hydrogen-bond acceptors (Lipinski definition) is 2. The van der Waals surface area contributed by atoms with E-state index in [0.717, 1.165) is 31.8 Å². The topological polar surface area (TPSA) is 33.2 Å². The molecule has 1 saturated heterocycles. The summed E-state index contributed by atoms with van der Waals surface area (Å²) in [6.45, 7) is 4.05. The largest absolute Gasteiger partial charge is 0.339 e. The average molecular weight is 246 g/mol. The van der Waals surface area contributed by atoms with Crippen LogP contribution in [0.1, 0.15) is 49.4 Å². The molecular weight excluding hydrogens is 224 g/mol. The summed E-state index contributed by atoms with van der Waals surface area (Å²) in [4.78, 5) is 18.2. The minimum Gasteiger partial charge on any atom is -0.339 e. The van der Waals surface area contributed by atoms with Gasteiger partial charge in [-0.1, -0.05) is 26.2 Å². The van der Waals surface area contributed by atoms with E-state index >= 15 is 0 Å². The molecule has 0 aromatic carbocycles. The molecule has 0 spiro atoms. The highest BCUT2D eigenvalue weighted by Crippen LogP contribution is 2.23. The third-order valence-electron chi connectivity index (χ3n) is 3.78. The average Bonchev–Trinajstić information content (AvgIpc) is 2.46. The maximum atomic E-state index is 12.2. The molecule has 98 valence electrons. The van der Waals surface area contributed by atoms with Crippen molar-refractivity contribution in [3.05, 3.63) is 30.1 Å². The first-order valence-electron chi connectivity index (χ1n) is 7.00. The zero-order valence-corrected chi connectivity index (χ0v) is 11.1. The first-order chi connectivity index (χ1) is 8.81. The minimum absolute atomic E-state index is 0.136. The van der Waals surface area contributed by atoms with Gasteiger partial charge in [-0.05, 0) is 30.9 Å². The van der Waals surface area contributed by atoms with Gasteiger partial charge in [0.15, 0.2) is 0 Å². The number of unbranched alkanes of at least 4 members (excludes halogenated alkanes) is 1. The number of rotatable bonds is 4. The molecule has 1 fully saturated rings. The summed E-state index contributed by atoms with van der Waals surface area (Å²) in [5.74, 6) is 0.958. The Balaban J connectivity index is 1.84. The molecule has 1 aromatic rings. The van der Waals surface area contributed by atoms with E-state index in [2.05, 4.69) is 11.9 Å². The second-order valence-electron chi connectivity index (χ2n) is 5.12. The number of amides is 1. The number of carbonyl (C=O) groups excluding carboxylic acids is 1. The highest BCUT2D eigenvalue weighted by molar-refractivity contribution is 5.93. The second kappa shape index (κ2) is 6.53. The lowest BCUT2D eigenvalue weighted by atomic mass is 9.91. The van der Waals surface area contributed by atoms with Crippen molar-refractivity contribution in [2.24, 2.45) is 5.92 Å². The van der Waals surface area contributed by atoms with Crippen molar-refractivity contribution in [1.82, 2.24) is 9.88 Å². The lowest BCUT2D eigenvalue weighted by molar-refractivity contribution is 0.0685. The van der Waals surface area contributed by atoms with E-state index in [1.54, 1.807) is 12.4 Å². The third-order valence-corrected chi connectivity index (χ3v) is 3.78. The van der Waals surface area contributed by atoms with Crippen LogP contribution in [0.5, 0.6) is 0 Å². The fourth-order valence-corrected chi connectivity index (χ4v) is 2.59. The molecule has 0 N–H and O–H groups in total. The van der Waals surface area contributed by atoms with E-state index in [4.69, 9.17) is 0 Å². The van der Waals surface area contributed by atoms with Crippen LogP contribution < -0.4 is 0 Å². The Morgan fingerprint density at radius 1 is 1.44 bits per heavy atom. The Morgan fingerprint density at radius 2 is 2.22 bits per heavy atom. The fourth-order valence-electron chi connectivity index (χ4n) is 2.59. The molecule has 3 nitrogen and oxygen atoms in total. The van der Waals surface area contributed by atoms with Crippen molar-refractivity contribution in [3.63, 3.8) is 0 Å². The smallest absolute Gasteiger partial charge is 0.255 e. The van der Waals surface area contributed by atoms with Gasteiger partial charge in [0.25, 0.3) is 5.91 Å². The molecule has 1 amide bonds. The Bertz CT molecular complexity index is 369. The van der Waals surface area contributed by atoms with Crippen LogP contribution in [-0.4, -0.2) is 28.9 Å². The quantitative estimate of drug-likeness (QED) is 0.817. The molecule has 0 unspecified atom stereocenters. The van der Waals surface area contributed by atoms with Crippen molar-refractivity contribution in [2.75, 3.05) is 13.1 Å². The van der Waals surface area contributed by atoms with Gasteiger partial charge < -0.3 is 4.90 Å². The van der Waals surface area contributed by atoms with Crippen LogP contribution in [0.15, 0.2) is 24.5 Å². The summed E-state index contributed by atoms with van der Waals surface area (Å²) >= 11 is 0. The highest BCUT2D eigenvalue weighted by atomic mass is 16.2. The normalized spacial score (nSPS) is 16.8. The van der Waals surface area contributed by atoms with Gasteiger partial charge in [-0.2, -0.15) is 0 Å². The molecule has 0 radical (unpaired) electrons. The van der Waals surface area contributed by atoms with Crippen LogP contribution in [0.3, 0.4) is 0 Å².